The van der Waals surface area contributed by atoms with Gasteiger partial charge >= 0.3 is 0 Å². The molecule has 0 aromatic carbocycles. The quantitative estimate of drug-likeness (QED) is 0.409. The molecule has 1 nitrogen and oxygen atoms in total. The van der Waals surface area contributed by atoms with E-state index in [4.69, 9.17) is 12.3 Å². The van der Waals surface area contributed by atoms with Gasteiger partial charge in [-0.05, 0) is 85.9 Å². The molecule has 0 aromatic heterocycles. The SMILES string of the molecule is C=C(C1CC(C)CC1C)C1(CC(CC)C(C)C(C)CC(N)CC)CCC1. The van der Waals surface area contributed by atoms with E-state index < -0.39 is 0 Å². The smallest absolute Gasteiger partial charge is 0.00388 e. The van der Waals surface area contributed by atoms with E-state index in [1.807, 2.05) is 0 Å². The van der Waals surface area contributed by atoms with Gasteiger partial charge in [0.2, 0.25) is 0 Å². The van der Waals surface area contributed by atoms with Crippen molar-refractivity contribution >= 4 is 0 Å². The molecule has 0 heterocycles. The fourth-order valence-electron chi connectivity index (χ4n) is 6.23. The fraction of sp³-hybridized carbons (Fsp3) is 0.920. The zero-order valence-corrected chi connectivity index (χ0v) is 18.7. The fourth-order valence-corrected chi connectivity index (χ4v) is 6.23. The molecule has 7 atom stereocenters. The Morgan fingerprint density at radius 1 is 1.12 bits per heavy atom. The molecular formula is C25H47N. The average molecular weight is 362 g/mol. The Hall–Kier alpha value is -0.300. The van der Waals surface area contributed by atoms with Gasteiger partial charge in [-0.2, -0.15) is 0 Å². The van der Waals surface area contributed by atoms with Gasteiger partial charge in [0.15, 0.2) is 0 Å². The highest BCUT2D eigenvalue weighted by atomic mass is 14.6. The summed E-state index contributed by atoms with van der Waals surface area (Å²) in [5, 5.41) is 0. The Kier molecular flexibility index (Phi) is 7.84. The third-order valence-corrected chi connectivity index (χ3v) is 8.57. The molecule has 1 heteroatoms. The van der Waals surface area contributed by atoms with Gasteiger partial charge in [-0.1, -0.05) is 66.5 Å². The first-order valence-corrected chi connectivity index (χ1v) is 11.7. The molecule has 2 saturated carbocycles. The summed E-state index contributed by atoms with van der Waals surface area (Å²) in [4.78, 5) is 0. The van der Waals surface area contributed by atoms with E-state index in [1.54, 1.807) is 5.57 Å². The molecule has 7 unspecified atom stereocenters. The van der Waals surface area contributed by atoms with Crippen LogP contribution in [0.15, 0.2) is 12.2 Å². The van der Waals surface area contributed by atoms with Crippen molar-refractivity contribution in [1.82, 2.24) is 0 Å². The molecule has 0 bridgehead atoms. The van der Waals surface area contributed by atoms with Crippen LogP contribution < -0.4 is 5.73 Å². The average Bonchev–Trinajstić information content (AvgIpc) is 2.91. The molecular weight excluding hydrogens is 314 g/mol. The molecule has 2 aliphatic carbocycles. The van der Waals surface area contributed by atoms with Crippen molar-refractivity contribution in [3.63, 3.8) is 0 Å². The second-order valence-corrected chi connectivity index (χ2v) is 10.4. The number of rotatable bonds is 10. The summed E-state index contributed by atoms with van der Waals surface area (Å²) < 4.78 is 0. The van der Waals surface area contributed by atoms with Gasteiger partial charge in [-0.25, -0.2) is 0 Å². The van der Waals surface area contributed by atoms with Gasteiger partial charge in [0.05, 0.1) is 0 Å². The lowest BCUT2D eigenvalue weighted by Gasteiger charge is -2.49. The summed E-state index contributed by atoms with van der Waals surface area (Å²) in [6.07, 6.45) is 12.0. The van der Waals surface area contributed by atoms with Crippen LogP contribution in [0.25, 0.3) is 0 Å². The molecule has 2 fully saturated rings. The van der Waals surface area contributed by atoms with Gasteiger partial charge in [0.1, 0.15) is 0 Å². The molecule has 0 radical (unpaired) electrons. The lowest BCUT2D eigenvalue weighted by Crippen LogP contribution is -2.39. The normalized spacial score (nSPS) is 32.5. The molecule has 0 spiro atoms. The maximum Gasteiger partial charge on any atom is 0.00388 e. The summed E-state index contributed by atoms with van der Waals surface area (Å²) in [7, 11) is 0. The van der Waals surface area contributed by atoms with Crippen molar-refractivity contribution in [3.05, 3.63) is 12.2 Å². The summed E-state index contributed by atoms with van der Waals surface area (Å²) in [5.41, 5.74) is 8.37. The monoisotopic (exact) mass is 361 g/mol. The first-order chi connectivity index (χ1) is 12.2. The van der Waals surface area contributed by atoms with Crippen molar-refractivity contribution in [2.24, 2.45) is 46.7 Å². The summed E-state index contributed by atoms with van der Waals surface area (Å²) in [5.74, 6) is 4.83. The minimum absolute atomic E-state index is 0.374. The van der Waals surface area contributed by atoms with Gasteiger partial charge in [0.25, 0.3) is 0 Å². The number of hydrogen-bond acceptors (Lipinski definition) is 1. The Bertz CT molecular complexity index is 449. The molecule has 0 saturated heterocycles. The minimum atomic E-state index is 0.374. The van der Waals surface area contributed by atoms with Crippen molar-refractivity contribution in [2.75, 3.05) is 0 Å². The molecule has 2 aliphatic rings. The molecule has 26 heavy (non-hydrogen) atoms. The maximum atomic E-state index is 6.26. The maximum absolute atomic E-state index is 6.26. The van der Waals surface area contributed by atoms with Crippen LogP contribution in [0.5, 0.6) is 0 Å². The molecule has 0 aromatic rings. The molecule has 152 valence electrons. The minimum Gasteiger partial charge on any atom is -0.328 e. The topological polar surface area (TPSA) is 26.0 Å². The molecule has 2 N–H and O–H groups in total. The van der Waals surface area contributed by atoms with Gasteiger partial charge in [0, 0.05) is 6.04 Å². The number of allylic oxidation sites excluding steroid dienone is 1. The van der Waals surface area contributed by atoms with Gasteiger partial charge < -0.3 is 5.73 Å². The van der Waals surface area contributed by atoms with Gasteiger partial charge in [-0.3, -0.25) is 0 Å². The second-order valence-electron chi connectivity index (χ2n) is 10.4. The van der Waals surface area contributed by atoms with E-state index in [0.717, 1.165) is 41.9 Å². The highest BCUT2D eigenvalue weighted by Gasteiger charge is 2.46. The van der Waals surface area contributed by atoms with Crippen LogP contribution in [0.4, 0.5) is 0 Å². The van der Waals surface area contributed by atoms with E-state index in [-0.39, 0.29) is 0 Å². The predicted octanol–water partition coefficient (Wildman–Crippen LogP) is 7.21. The van der Waals surface area contributed by atoms with E-state index in [0.29, 0.717) is 11.5 Å². The Morgan fingerprint density at radius 2 is 1.77 bits per heavy atom. The molecule has 0 amide bonds. The Labute approximate surface area is 164 Å². The Morgan fingerprint density at radius 3 is 2.19 bits per heavy atom. The van der Waals surface area contributed by atoms with E-state index in [2.05, 4.69) is 41.5 Å². The standard InChI is InChI=1S/C25H47N/c1-8-22(20(6)18(4)15-23(26)9-2)16-25(11-10-12-25)21(7)24-14-17(3)13-19(24)5/h17-20,22-24H,7-16,26H2,1-6H3. The van der Waals surface area contributed by atoms with Crippen molar-refractivity contribution in [1.29, 1.82) is 0 Å². The van der Waals surface area contributed by atoms with E-state index >= 15 is 0 Å². The predicted molar refractivity (Wildman–Crippen MR) is 116 cm³/mol. The summed E-state index contributed by atoms with van der Waals surface area (Å²) >= 11 is 0. The lowest BCUT2D eigenvalue weighted by molar-refractivity contribution is 0.0853. The second kappa shape index (κ2) is 9.26. The van der Waals surface area contributed by atoms with Crippen LogP contribution in [0.2, 0.25) is 0 Å². The van der Waals surface area contributed by atoms with Crippen LogP contribution in [0.1, 0.15) is 99.3 Å². The van der Waals surface area contributed by atoms with Crippen molar-refractivity contribution in [3.8, 4) is 0 Å². The largest absolute Gasteiger partial charge is 0.328 e. The van der Waals surface area contributed by atoms with Gasteiger partial charge in [-0.15, -0.1) is 0 Å². The zero-order valence-electron chi connectivity index (χ0n) is 18.7. The van der Waals surface area contributed by atoms with Crippen LogP contribution in [-0.4, -0.2) is 6.04 Å². The highest BCUT2D eigenvalue weighted by Crippen LogP contribution is 2.58. The first-order valence-electron chi connectivity index (χ1n) is 11.7. The molecule has 2 rings (SSSR count). The van der Waals surface area contributed by atoms with E-state index in [1.165, 1.54) is 51.4 Å². The van der Waals surface area contributed by atoms with Crippen molar-refractivity contribution in [2.45, 2.75) is 105 Å². The summed E-state index contributed by atoms with van der Waals surface area (Å²) in [6, 6.07) is 0.374. The van der Waals surface area contributed by atoms with Crippen molar-refractivity contribution < 1.29 is 0 Å². The Balaban J connectivity index is 2.05. The van der Waals surface area contributed by atoms with Crippen LogP contribution in [0, 0.1) is 40.9 Å². The first kappa shape index (κ1) is 22.0. The van der Waals surface area contributed by atoms with E-state index in [9.17, 15) is 0 Å². The number of hydrogen-bond donors (Lipinski definition) is 1. The summed E-state index contributed by atoms with van der Waals surface area (Å²) in [6.45, 7) is 19.2. The van der Waals surface area contributed by atoms with Crippen LogP contribution >= 0.6 is 0 Å². The highest BCUT2D eigenvalue weighted by molar-refractivity contribution is 5.20. The number of nitrogens with two attached hydrogens (primary N) is 1. The van der Waals surface area contributed by atoms with Crippen LogP contribution in [0.3, 0.4) is 0 Å². The zero-order chi connectivity index (χ0) is 19.5. The third kappa shape index (κ3) is 4.75. The van der Waals surface area contributed by atoms with Crippen LogP contribution in [-0.2, 0) is 0 Å². The third-order valence-electron chi connectivity index (χ3n) is 8.57. The lowest BCUT2D eigenvalue weighted by atomic mass is 9.55. The molecule has 0 aliphatic heterocycles.